The summed E-state index contributed by atoms with van der Waals surface area (Å²) in [7, 11) is 5.39. The van der Waals surface area contributed by atoms with Gasteiger partial charge >= 0.3 is 0 Å². The minimum atomic E-state index is -0.222. The van der Waals surface area contributed by atoms with Gasteiger partial charge in [-0.1, -0.05) is 0 Å². The number of nitrogens with one attached hydrogen (secondary N) is 1. The maximum Gasteiger partial charge on any atom is 0.263 e. The van der Waals surface area contributed by atoms with Gasteiger partial charge in [0, 0.05) is 18.5 Å². The summed E-state index contributed by atoms with van der Waals surface area (Å²) in [6.45, 7) is 5.21. The summed E-state index contributed by atoms with van der Waals surface area (Å²) in [6.07, 6.45) is 0. The molecule has 0 aliphatic heterocycles. The Bertz CT molecular complexity index is 795. The lowest BCUT2D eigenvalue weighted by molar-refractivity contribution is -0.121. The summed E-state index contributed by atoms with van der Waals surface area (Å²) in [5, 5.41) is 3.36. The van der Waals surface area contributed by atoms with Crippen LogP contribution in [0.2, 0.25) is 0 Å². The van der Waals surface area contributed by atoms with E-state index in [1.54, 1.807) is 7.11 Å². The average Bonchev–Trinajstić information content (AvgIpc) is 2.78. The first-order valence-electron chi connectivity index (χ1n) is 7.75. The summed E-state index contributed by atoms with van der Waals surface area (Å²) >= 11 is 1.52. The molecule has 0 spiro atoms. The summed E-state index contributed by atoms with van der Waals surface area (Å²) in [5.74, 6) is 0.376. The number of nitrogens with zero attached hydrogens (tertiary/aromatic N) is 3. The Kier molecular flexibility index (Phi) is 6.09. The molecule has 0 atom stereocenters. The van der Waals surface area contributed by atoms with Crippen LogP contribution in [0.5, 0.6) is 0 Å². The molecular weight excluding hydrogens is 328 g/mol. The smallest absolute Gasteiger partial charge is 0.263 e. The molecule has 2 rings (SSSR count). The van der Waals surface area contributed by atoms with Crippen molar-refractivity contribution in [2.24, 2.45) is 0 Å². The van der Waals surface area contributed by atoms with Gasteiger partial charge in [-0.3, -0.25) is 14.2 Å². The van der Waals surface area contributed by atoms with Gasteiger partial charge in [-0.05, 0) is 33.5 Å². The second-order valence-electron chi connectivity index (χ2n) is 5.96. The molecule has 0 bridgehead atoms. The van der Waals surface area contributed by atoms with E-state index in [-0.39, 0.29) is 18.0 Å². The third-order valence-electron chi connectivity index (χ3n) is 3.76. The van der Waals surface area contributed by atoms with E-state index in [0.29, 0.717) is 30.9 Å². The molecule has 0 fully saturated rings. The fourth-order valence-electron chi connectivity index (χ4n) is 2.43. The summed E-state index contributed by atoms with van der Waals surface area (Å²) < 4.78 is 6.39. The number of carbonyl (C=O) groups excluding carboxylic acids is 1. The molecule has 2 aromatic heterocycles. The Morgan fingerprint density at radius 2 is 2.08 bits per heavy atom. The minimum Gasteiger partial charge on any atom is -0.383 e. The molecule has 8 heteroatoms. The van der Waals surface area contributed by atoms with Gasteiger partial charge in [0.1, 0.15) is 17.2 Å². The lowest BCUT2D eigenvalue weighted by Gasteiger charge is -2.15. The van der Waals surface area contributed by atoms with Crippen molar-refractivity contribution in [3.05, 3.63) is 26.6 Å². The Balaban J connectivity index is 2.44. The van der Waals surface area contributed by atoms with Crippen molar-refractivity contribution in [2.45, 2.75) is 26.9 Å². The summed E-state index contributed by atoms with van der Waals surface area (Å²) in [4.78, 5) is 33.5. The third-order valence-corrected chi connectivity index (χ3v) is 4.86. The van der Waals surface area contributed by atoms with Crippen LogP contribution in [-0.2, 0) is 22.6 Å². The van der Waals surface area contributed by atoms with E-state index < -0.39 is 0 Å². The molecular formula is C16H24N4O3S. The Morgan fingerprint density at radius 1 is 1.38 bits per heavy atom. The fraction of sp³-hybridized carbons (Fsp3) is 0.562. The van der Waals surface area contributed by atoms with Crippen LogP contribution in [0.3, 0.4) is 0 Å². The van der Waals surface area contributed by atoms with Crippen LogP contribution in [0.25, 0.3) is 10.2 Å². The SMILES string of the molecule is COCCNC(=O)Cn1c(CN(C)C)nc2sc(C)c(C)c2c1=O. The number of aryl methyl sites for hydroxylation is 2. The van der Waals surface area contributed by atoms with Crippen molar-refractivity contribution in [1.82, 2.24) is 19.8 Å². The first kappa shape index (κ1) is 18.6. The quantitative estimate of drug-likeness (QED) is 0.749. The first-order valence-corrected chi connectivity index (χ1v) is 8.56. The zero-order valence-electron chi connectivity index (χ0n) is 14.8. The molecule has 0 radical (unpaired) electrons. The maximum atomic E-state index is 12.9. The molecule has 0 saturated carbocycles. The molecule has 2 aromatic rings. The standard InChI is InChI=1S/C16H24N4O3S/c1-10-11(2)24-15-14(10)16(22)20(12(18-15)8-19(3)4)9-13(21)17-6-7-23-5/h6-9H2,1-5H3,(H,17,21). The zero-order valence-corrected chi connectivity index (χ0v) is 15.6. The highest BCUT2D eigenvalue weighted by Gasteiger charge is 2.18. The summed E-state index contributed by atoms with van der Waals surface area (Å²) in [6, 6.07) is 0. The van der Waals surface area contributed by atoms with Gasteiger partial charge < -0.3 is 15.0 Å². The number of fused-ring (bicyclic) bond motifs is 1. The second-order valence-corrected chi connectivity index (χ2v) is 7.17. The molecule has 1 amide bonds. The highest BCUT2D eigenvalue weighted by atomic mass is 32.1. The number of rotatable bonds is 7. The van der Waals surface area contributed by atoms with E-state index in [4.69, 9.17) is 4.74 Å². The highest BCUT2D eigenvalue weighted by Crippen LogP contribution is 2.26. The van der Waals surface area contributed by atoms with Crippen molar-refractivity contribution in [3.8, 4) is 0 Å². The number of hydrogen-bond donors (Lipinski definition) is 1. The first-order chi connectivity index (χ1) is 11.3. The van der Waals surface area contributed by atoms with Crippen molar-refractivity contribution in [2.75, 3.05) is 34.4 Å². The zero-order chi connectivity index (χ0) is 17.9. The fourth-order valence-corrected chi connectivity index (χ4v) is 3.47. The molecule has 7 nitrogen and oxygen atoms in total. The number of carbonyl (C=O) groups is 1. The number of aromatic nitrogens is 2. The summed E-state index contributed by atoms with van der Waals surface area (Å²) in [5.41, 5.74) is 0.790. The Hall–Kier alpha value is -1.77. The van der Waals surface area contributed by atoms with Gasteiger partial charge in [0.15, 0.2) is 0 Å². The molecule has 0 aliphatic carbocycles. The van der Waals surface area contributed by atoms with E-state index in [2.05, 4.69) is 10.3 Å². The predicted octanol–water partition coefficient (Wildman–Crippen LogP) is 0.899. The van der Waals surface area contributed by atoms with E-state index in [0.717, 1.165) is 15.3 Å². The van der Waals surface area contributed by atoms with Crippen LogP contribution >= 0.6 is 11.3 Å². The normalized spacial score (nSPS) is 11.4. The molecule has 2 heterocycles. The lowest BCUT2D eigenvalue weighted by atomic mass is 10.2. The predicted molar refractivity (Wildman–Crippen MR) is 95.6 cm³/mol. The Labute approximate surface area is 145 Å². The number of ether oxygens (including phenoxy) is 1. The van der Waals surface area contributed by atoms with Crippen molar-refractivity contribution in [3.63, 3.8) is 0 Å². The van der Waals surface area contributed by atoms with Crippen LogP contribution in [0.4, 0.5) is 0 Å². The van der Waals surface area contributed by atoms with Gasteiger partial charge in [-0.25, -0.2) is 4.98 Å². The molecule has 0 saturated heterocycles. The van der Waals surface area contributed by atoms with E-state index in [1.165, 1.54) is 15.9 Å². The topological polar surface area (TPSA) is 76.5 Å². The molecule has 24 heavy (non-hydrogen) atoms. The minimum absolute atomic E-state index is 0.0387. The second kappa shape index (κ2) is 7.87. The van der Waals surface area contributed by atoms with E-state index in [9.17, 15) is 9.59 Å². The van der Waals surface area contributed by atoms with Crippen molar-refractivity contribution in [1.29, 1.82) is 0 Å². The number of amides is 1. The Morgan fingerprint density at radius 3 is 2.71 bits per heavy atom. The molecule has 0 aromatic carbocycles. The van der Waals surface area contributed by atoms with Crippen LogP contribution < -0.4 is 10.9 Å². The highest BCUT2D eigenvalue weighted by molar-refractivity contribution is 7.18. The number of methoxy groups -OCH3 is 1. The van der Waals surface area contributed by atoms with Gasteiger partial charge in [0.05, 0.1) is 18.5 Å². The van der Waals surface area contributed by atoms with Gasteiger partial charge in [-0.15, -0.1) is 11.3 Å². The van der Waals surface area contributed by atoms with Crippen LogP contribution in [0, 0.1) is 13.8 Å². The lowest BCUT2D eigenvalue weighted by Crippen LogP contribution is -2.36. The van der Waals surface area contributed by atoms with Gasteiger partial charge in [0.25, 0.3) is 5.56 Å². The van der Waals surface area contributed by atoms with Crippen molar-refractivity contribution < 1.29 is 9.53 Å². The van der Waals surface area contributed by atoms with E-state index in [1.807, 2.05) is 32.8 Å². The molecule has 0 aliphatic rings. The third kappa shape index (κ3) is 4.00. The van der Waals surface area contributed by atoms with E-state index >= 15 is 0 Å². The number of hydrogen-bond acceptors (Lipinski definition) is 6. The number of thiophene rings is 1. The molecule has 0 unspecified atom stereocenters. The largest absolute Gasteiger partial charge is 0.383 e. The maximum absolute atomic E-state index is 12.9. The van der Waals surface area contributed by atoms with Crippen molar-refractivity contribution >= 4 is 27.5 Å². The van der Waals surface area contributed by atoms with Crippen LogP contribution in [0.15, 0.2) is 4.79 Å². The van der Waals surface area contributed by atoms with Crippen LogP contribution in [0.1, 0.15) is 16.3 Å². The average molecular weight is 352 g/mol. The monoisotopic (exact) mass is 352 g/mol. The van der Waals surface area contributed by atoms with Gasteiger partial charge in [-0.2, -0.15) is 0 Å². The van der Waals surface area contributed by atoms with Gasteiger partial charge in [0.2, 0.25) is 5.91 Å². The van der Waals surface area contributed by atoms with Crippen LogP contribution in [-0.4, -0.2) is 54.7 Å². The molecule has 132 valence electrons. The molecule has 1 N–H and O–H groups in total.